The summed E-state index contributed by atoms with van der Waals surface area (Å²) in [6.45, 7) is 0. The smallest absolute Gasteiger partial charge is 0.0570 e. The first-order chi connectivity index (χ1) is 6.79. The standard InChI is InChI=1S/C11H10INS/c12-10-4-2-1-3-9(10)11(13)8-5-6-14-7-8/h1-7,11H,13H2/t11-/m1/s1. The van der Waals surface area contributed by atoms with E-state index in [2.05, 4.69) is 51.6 Å². The summed E-state index contributed by atoms with van der Waals surface area (Å²) in [7, 11) is 0. The first-order valence-corrected chi connectivity index (χ1v) is 6.33. The molecule has 0 bridgehead atoms. The van der Waals surface area contributed by atoms with E-state index in [1.807, 2.05) is 12.1 Å². The fraction of sp³-hybridized carbons (Fsp3) is 0.0909. The van der Waals surface area contributed by atoms with Gasteiger partial charge in [0, 0.05) is 3.57 Å². The van der Waals surface area contributed by atoms with Gasteiger partial charge in [-0.2, -0.15) is 11.3 Å². The summed E-state index contributed by atoms with van der Waals surface area (Å²) in [6, 6.07) is 10.3. The molecule has 0 saturated carbocycles. The highest BCUT2D eigenvalue weighted by Crippen LogP contribution is 2.25. The lowest BCUT2D eigenvalue weighted by Gasteiger charge is -2.11. The van der Waals surface area contributed by atoms with Gasteiger partial charge in [0.05, 0.1) is 6.04 Å². The van der Waals surface area contributed by atoms with Crippen LogP contribution < -0.4 is 5.73 Å². The summed E-state index contributed by atoms with van der Waals surface area (Å²) in [6.07, 6.45) is 0. The predicted molar refractivity (Wildman–Crippen MR) is 69.5 cm³/mol. The van der Waals surface area contributed by atoms with E-state index >= 15 is 0 Å². The molecule has 3 heteroatoms. The van der Waals surface area contributed by atoms with Gasteiger partial charge in [-0.1, -0.05) is 18.2 Å². The molecule has 0 aliphatic heterocycles. The Hall–Kier alpha value is -0.390. The Balaban J connectivity index is 2.37. The molecule has 0 spiro atoms. The molecule has 1 atom stereocenters. The van der Waals surface area contributed by atoms with E-state index in [0.717, 1.165) is 0 Å². The predicted octanol–water partition coefficient (Wildman–Crippen LogP) is 3.40. The van der Waals surface area contributed by atoms with E-state index in [9.17, 15) is 0 Å². The molecule has 14 heavy (non-hydrogen) atoms. The fourth-order valence-electron chi connectivity index (χ4n) is 1.36. The van der Waals surface area contributed by atoms with Crippen molar-refractivity contribution in [2.24, 2.45) is 5.73 Å². The van der Waals surface area contributed by atoms with Crippen molar-refractivity contribution in [1.82, 2.24) is 0 Å². The highest BCUT2D eigenvalue weighted by Gasteiger charge is 2.11. The van der Waals surface area contributed by atoms with E-state index in [4.69, 9.17) is 5.73 Å². The third kappa shape index (κ3) is 1.99. The molecule has 2 N–H and O–H groups in total. The lowest BCUT2D eigenvalue weighted by molar-refractivity contribution is 0.870. The van der Waals surface area contributed by atoms with Crippen molar-refractivity contribution in [2.75, 3.05) is 0 Å². The topological polar surface area (TPSA) is 26.0 Å². The molecule has 0 aliphatic carbocycles. The van der Waals surface area contributed by atoms with Crippen molar-refractivity contribution in [3.8, 4) is 0 Å². The second-order valence-corrected chi connectivity index (χ2v) is 5.00. The van der Waals surface area contributed by atoms with Crippen LogP contribution in [-0.2, 0) is 0 Å². The minimum atomic E-state index is 0.00866. The highest BCUT2D eigenvalue weighted by molar-refractivity contribution is 14.1. The molecule has 2 aromatic rings. The van der Waals surface area contributed by atoms with E-state index in [-0.39, 0.29) is 6.04 Å². The molecule has 0 aliphatic rings. The lowest BCUT2D eigenvalue weighted by atomic mass is 10.0. The Labute approximate surface area is 101 Å². The number of hydrogen-bond donors (Lipinski definition) is 1. The quantitative estimate of drug-likeness (QED) is 0.845. The zero-order valence-corrected chi connectivity index (χ0v) is 10.5. The molecule has 0 fully saturated rings. The zero-order valence-electron chi connectivity index (χ0n) is 7.48. The Morgan fingerprint density at radius 3 is 2.64 bits per heavy atom. The van der Waals surface area contributed by atoms with Gasteiger partial charge < -0.3 is 5.73 Å². The zero-order chi connectivity index (χ0) is 9.97. The number of nitrogens with two attached hydrogens (primary N) is 1. The van der Waals surface area contributed by atoms with Gasteiger partial charge in [-0.25, -0.2) is 0 Å². The monoisotopic (exact) mass is 315 g/mol. The van der Waals surface area contributed by atoms with Crippen molar-refractivity contribution in [1.29, 1.82) is 0 Å². The van der Waals surface area contributed by atoms with Gasteiger partial charge in [0.1, 0.15) is 0 Å². The number of thiophene rings is 1. The molecule has 1 nitrogen and oxygen atoms in total. The van der Waals surface area contributed by atoms with Crippen LogP contribution in [0.4, 0.5) is 0 Å². The SMILES string of the molecule is N[C@H](c1ccsc1)c1ccccc1I. The summed E-state index contributed by atoms with van der Waals surface area (Å²) in [4.78, 5) is 0. The highest BCUT2D eigenvalue weighted by atomic mass is 127. The average Bonchev–Trinajstić information content (AvgIpc) is 2.70. The average molecular weight is 315 g/mol. The Bertz CT molecular complexity index is 411. The number of halogens is 1. The summed E-state index contributed by atoms with van der Waals surface area (Å²) < 4.78 is 1.23. The summed E-state index contributed by atoms with van der Waals surface area (Å²) in [5.41, 5.74) is 8.56. The van der Waals surface area contributed by atoms with Crippen LogP contribution in [0.15, 0.2) is 41.1 Å². The van der Waals surface area contributed by atoms with Gasteiger partial charge >= 0.3 is 0 Å². The number of rotatable bonds is 2. The van der Waals surface area contributed by atoms with Crippen molar-refractivity contribution in [2.45, 2.75) is 6.04 Å². The van der Waals surface area contributed by atoms with E-state index in [1.165, 1.54) is 14.7 Å². The van der Waals surface area contributed by atoms with Gasteiger partial charge in [0.25, 0.3) is 0 Å². The van der Waals surface area contributed by atoms with Gasteiger partial charge in [0.15, 0.2) is 0 Å². The molecule has 1 aromatic carbocycles. The molecule has 0 amide bonds. The molecule has 0 unspecified atom stereocenters. The normalized spacial score (nSPS) is 12.7. The molecule has 0 radical (unpaired) electrons. The van der Waals surface area contributed by atoms with Crippen molar-refractivity contribution in [3.05, 3.63) is 55.8 Å². The summed E-state index contributed by atoms with van der Waals surface area (Å²) >= 11 is 4.01. The maximum atomic E-state index is 6.16. The number of benzene rings is 1. The van der Waals surface area contributed by atoms with Crippen molar-refractivity contribution < 1.29 is 0 Å². The van der Waals surface area contributed by atoms with Crippen LogP contribution in [0.5, 0.6) is 0 Å². The van der Waals surface area contributed by atoms with Gasteiger partial charge in [-0.3, -0.25) is 0 Å². The Morgan fingerprint density at radius 1 is 1.21 bits per heavy atom. The van der Waals surface area contributed by atoms with Crippen LogP contribution in [-0.4, -0.2) is 0 Å². The first kappa shape index (κ1) is 10.1. The minimum absolute atomic E-state index is 0.00866. The van der Waals surface area contributed by atoms with Crippen molar-refractivity contribution >= 4 is 33.9 Å². The largest absolute Gasteiger partial charge is 0.320 e. The van der Waals surface area contributed by atoms with Crippen LogP contribution in [0.25, 0.3) is 0 Å². The summed E-state index contributed by atoms with van der Waals surface area (Å²) in [5, 5.41) is 4.17. The lowest BCUT2D eigenvalue weighted by Crippen LogP contribution is -2.12. The summed E-state index contributed by atoms with van der Waals surface area (Å²) in [5.74, 6) is 0. The van der Waals surface area contributed by atoms with Crippen LogP contribution in [0.1, 0.15) is 17.2 Å². The van der Waals surface area contributed by atoms with Crippen LogP contribution in [0, 0.1) is 3.57 Å². The van der Waals surface area contributed by atoms with E-state index < -0.39 is 0 Å². The number of hydrogen-bond acceptors (Lipinski definition) is 2. The maximum Gasteiger partial charge on any atom is 0.0570 e. The van der Waals surface area contributed by atoms with E-state index in [1.54, 1.807) is 11.3 Å². The molecular formula is C11H10INS. The van der Waals surface area contributed by atoms with E-state index in [0.29, 0.717) is 0 Å². The van der Waals surface area contributed by atoms with Crippen LogP contribution >= 0.6 is 33.9 Å². The van der Waals surface area contributed by atoms with Crippen LogP contribution in [0.2, 0.25) is 0 Å². The van der Waals surface area contributed by atoms with Gasteiger partial charge in [-0.15, -0.1) is 0 Å². The molecule has 72 valence electrons. The van der Waals surface area contributed by atoms with Crippen LogP contribution in [0.3, 0.4) is 0 Å². The third-order valence-electron chi connectivity index (χ3n) is 2.14. The molecule has 1 aromatic heterocycles. The minimum Gasteiger partial charge on any atom is -0.320 e. The fourth-order valence-corrected chi connectivity index (χ4v) is 2.78. The third-order valence-corrected chi connectivity index (χ3v) is 3.83. The molecule has 1 heterocycles. The first-order valence-electron chi connectivity index (χ1n) is 4.31. The molecular weight excluding hydrogens is 305 g/mol. The maximum absolute atomic E-state index is 6.16. The molecule has 0 saturated heterocycles. The van der Waals surface area contributed by atoms with Crippen molar-refractivity contribution in [3.63, 3.8) is 0 Å². The second-order valence-electron chi connectivity index (χ2n) is 3.06. The second kappa shape index (κ2) is 4.42. The van der Waals surface area contributed by atoms with Gasteiger partial charge in [0.2, 0.25) is 0 Å². The van der Waals surface area contributed by atoms with Gasteiger partial charge in [-0.05, 0) is 56.6 Å². The molecule has 2 rings (SSSR count). The Kier molecular flexibility index (Phi) is 3.20. The Morgan fingerprint density at radius 2 is 2.00 bits per heavy atom.